The maximum Gasteiger partial charge on any atom is 0.277 e. The van der Waals surface area contributed by atoms with E-state index < -0.39 is 5.91 Å². The average Bonchev–Trinajstić information content (AvgIpc) is 3.13. The molecular weight excluding hydrogens is 356 g/mol. The molecule has 3 aromatic rings. The lowest BCUT2D eigenvalue weighted by molar-refractivity contribution is 0.101. The molecule has 2 aromatic carbocycles. The smallest absolute Gasteiger partial charge is 0.277 e. The SMILES string of the molecule is COc1ccc(OC)c(-c2cc(C(=O)Nc3ccc(C)cc3Cl)no2)c1. The zero-order chi connectivity index (χ0) is 18.7. The van der Waals surface area contributed by atoms with Crippen molar-refractivity contribution in [2.45, 2.75) is 6.92 Å². The van der Waals surface area contributed by atoms with Gasteiger partial charge in [-0.1, -0.05) is 22.8 Å². The molecule has 0 bridgehead atoms. The number of aromatic nitrogens is 1. The van der Waals surface area contributed by atoms with Crippen LogP contribution in [0.5, 0.6) is 11.5 Å². The van der Waals surface area contributed by atoms with Crippen LogP contribution in [0.15, 0.2) is 47.0 Å². The lowest BCUT2D eigenvalue weighted by Crippen LogP contribution is -2.12. The molecule has 0 saturated carbocycles. The number of rotatable bonds is 5. The quantitative estimate of drug-likeness (QED) is 0.710. The Morgan fingerprint density at radius 3 is 2.62 bits per heavy atom. The van der Waals surface area contributed by atoms with Crippen LogP contribution < -0.4 is 14.8 Å². The molecule has 0 aliphatic rings. The summed E-state index contributed by atoms with van der Waals surface area (Å²) in [5, 5.41) is 7.02. The summed E-state index contributed by atoms with van der Waals surface area (Å²) in [7, 11) is 3.12. The Morgan fingerprint density at radius 2 is 1.92 bits per heavy atom. The van der Waals surface area contributed by atoms with Crippen LogP contribution in [0.2, 0.25) is 5.02 Å². The maximum absolute atomic E-state index is 12.4. The lowest BCUT2D eigenvalue weighted by atomic mass is 10.1. The van der Waals surface area contributed by atoms with Gasteiger partial charge in [0, 0.05) is 6.07 Å². The third-order valence-electron chi connectivity index (χ3n) is 3.79. The van der Waals surface area contributed by atoms with Gasteiger partial charge >= 0.3 is 0 Å². The number of hydrogen-bond donors (Lipinski definition) is 1. The molecule has 1 heterocycles. The number of hydrogen-bond acceptors (Lipinski definition) is 5. The summed E-state index contributed by atoms with van der Waals surface area (Å²) < 4.78 is 15.9. The molecule has 1 N–H and O–H groups in total. The maximum atomic E-state index is 12.4. The van der Waals surface area contributed by atoms with E-state index in [0.717, 1.165) is 5.56 Å². The first kappa shape index (κ1) is 17.8. The number of benzene rings is 2. The summed E-state index contributed by atoms with van der Waals surface area (Å²) in [4.78, 5) is 12.4. The second kappa shape index (κ2) is 7.49. The topological polar surface area (TPSA) is 73.6 Å². The van der Waals surface area contributed by atoms with Gasteiger partial charge < -0.3 is 19.3 Å². The summed E-state index contributed by atoms with van der Waals surface area (Å²) in [6.45, 7) is 1.92. The number of carbonyl (C=O) groups excluding carboxylic acids is 1. The second-order valence-corrected chi connectivity index (χ2v) is 5.99. The average molecular weight is 373 g/mol. The fourth-order valence-electron chi connectivity index (χ4n) is 2.42. The molecule has 26 heavy (non-hydrogen) atoms. The van der Waals surface area contributed by atoms with E-state index in [4.69, 9.17) is 25.6 Å². The molecule has 1 amide bonds. The number of aryl methyl sites for hydroxylation is 1. The Hall–Kier alpha value is -2.99. The van der Waals surface area contributed by atoms with Crippen molar-refractivity contribution in [2.24, 2.45) is 0 Å². The predicted octanol–water partition coefficient (Wildman–Crippen LogP) is 4.57. The number of nitrogens with zero attached hydrogens (tertiary/aromatic N) is 1. The number of ether oxygens (including phenoxy) is 2. The van der Waals surface area contributed by atoms with E-state index in [-0.39, 0.29) is 5.69 Å². The van der Waals surface area contributed by atoms with Crippen molar-refractivity contribution >= 4 is 23.2 Å². The first-order valence-electron chi connectivity index (χ1n) is 7.78. The molecule has 0 aliphatic heterocycles. The number of carbonyl (C=O) groups is 1. The normalized spacial score (nSPS) is 10.5. The number of methoxy groups -OCH3 is 2. The van der Waals surface area contributed by atoms with Gasteiger partial charge in [0.1, 0.15) is 11.5 Å². The van der Waals surface area contributed by atoms with Gasteiger partial charge in [-0.15, -0.1) is 0 Å². The molecular formula is C19H17ClN2O4. The highest BCUT2D eigenvalue weighted by molar-refractivity contribution is 6.34. The van der Waals surface area contributed by atoms with Crippen LogP contribution in [0.25, 0.3) is 11.3 Å². The Labute approximate surface area is 155 Å². The number of halogens is 1. The lowest BCUT2D eigenvalue weighted by Gasteiger charge is -2.07. The van der Waals surface area contributed by atoms with Crippen LogP contribution in [0.4, 0.5) is 5.69 Å². The molecule has 6 nitrogen and oxygen atoms in total. The van der Waals surface area contributed by atoms with Crippen molar-refractivity contribution in [3.05, 3.63) is 58.7 Å². The minimum Gasteiger partial charge on any atom is -0.497 e. The minimum absolute atomic E-state index is 0.126. The van der Waals surface area contributed by atoms with Gasteiger partial charge in [-0.3, -0.25) is 4.79 Å². The van der Waals surface area contributed by atoms with E-state index in [2.05, 4.69) is 10.5 Å². The van der Waals surface area contributed by atoms with E-state index in [1.807, 2.05) is 13.0 Å². The molecule has 3 rings (SSSR count). The minimum atomic E-state index is -0.424. The van der Waals surface area contributed by atoms with E-state index in [9.17, 15) is 4.79 Å². The largest absolute Gasteiger partial charge is 0.497 e. The van der Waals surface area contributed by atoms with Crippen molar-refractivity contribution in [3.63, 3.8) is 0 Å². The zero-order valence-electron chi connectivity index (χ0n) is 14.5. The van der Waals surface area contributed by atoms with E-state index in [1.54, 1.807) is 44.6 Å². The Bertz CT molecular complexity index is 952. The molecule has 0 fully saturated rings. The molecule has 1 aromatic heterocycles. The van der Waals surface area contributed by atoms with E-state index >= 15 is 0 Å². The second-order valence-electron chi connectivity index (χ2n) is 5.58. The van der Waals surface area contributed by atoms with Crippen molar-refractivity contribution in [1.29, 1.82) is 0 Å². The summed E-state index contributed by atoms with van der Waals surface area (Å²) in [6, 6.07) is 12.2. The molecule has 0 aliphatic carbocycles. The van der Waals surface area contributed by atoms with Gasteiger partial charge in [0.15, 0.2) is 11.5 Å². The van der Waals surface area contributed by atoms with Gasteiger partial charge in [-0.2, -0.15) is 0 Å². The first-order chi connectivity index (χ1) is 12.5. The van der Waals surface area contributed by atoms with Crippen molar-refractivity contribution in [1.82, 2.24) is 5.16 Å². The van der Waals surface area contributed by atoms with Crippen molar-refractivity contribution in [2.75, 3.05) is 19.5 Å². The molecule has 0 unspecified atom stereocenters. The molecule has 134 valence electrons. The fraction of sp³-hybridized carbons (Fsp3) is 0.158. The summed E-state index contributed by atoms with van der Waals surface area (Å²) in [5.41, 5.74) is 2.26. The van der Waals surface area contributed by atoms with Crippen molar-refractivity contribution < 1.29 is 18.8 Å². The molecule has 7 heteroatoms. The third kappa shape index (κ3) is 3.65. The first-order valence-corrected chi connectivity index (χ1v) is 8.16. The summed E-state index contributed by atoms with van der Waals surface area (Å²) >= 11 is 6.15. The predicted molar refractivity (Wildman–Crippen MR) is 99.2 cm³/mol. The van der Waals surface area contributed by atoms with Crippen LogP contribution in [0, 0.1) is 6.92 Å². The molecule has 0 radical (unpaired) electrons. The number of nitrogens with one attached hydrogen (secondary N) is 1. The van der Waals surface area contributed by atoms with Gasteiger partial charge in [-0.25, -0.2) is 0 Å². The number of anilines is 1. The highest BCUT2D eigenvalue weighted by Gasteiger charge is 2.18. The standard InChI is InChI=1S/C19H17ClN2O4/c1-11-4-6-15(14(20)8-11)21-19(23)16-10-18(26-22-16)13-9-12(24-2)5-7-17(13)25-3/h4-10H,1-3H3,(H,21,23). The van der Waals surface area contributed by atoms with E-state index in [0.29, 0.717) is 33.5 Å². The highest BCUT2D eigenvalue weighted by Crippen LogP contribution is 2.34. The highest BCUT2D eigenvalue weighted by atomic mass is 35.5. The zero-order valence-corrected chi connectivity index (χ0v) is 15.3. The van der Waals surface area contributed by atoms with E-state index in [1.165, 1.54) is 6.07 Å². The van der Waals surface area contributed by atoms with Crippen LogP contribution >= 0.6 is 11.6 Å². The van der Waals surface area contributed by atoms with Gasteiger partial charge in [0.2, 0.25) is 0 Å². The molecule has 0 spiro atoms. The van der Waals surface area contributed by atoms with Crippen LogP contribution in [-0.2, 0) is 0 Å². The third-order valence-corrected chi connectivity index (χ3v) is 4.10. The summed E-state index contributed by atoms with van der Waals surface area (Å²) in [6.07, 6.45) is 0. The Morgan fingerprint density at radius 1 is 1.12 bits per heavy atom. The van der Waals surface area contributed by atoms with Gasteiger partial charge in [-0.05, 0) is 42.8 Å². The number of amides is 1. The summed E-state index contributed by atoms with van der Waals surface area (Å²) in [5.74, 6) is 1.18. The molecule has 0 atom stereocenters. The van der Waals surface area contributed by atoms with Crippen LogP contribution in [-0.4, -0.2) is 25.3 Å². The Balaban J connectivity index is 1.87. The van der Waals surface area contributed by atoms with Crippen LogP contribution in [0.1, 0.15) is 16.1 Å². The molecule has 0 saturated heterocycles. The van der Waals surface area contributed by atoms with Crippen molar-refractivity contribution in [3.8, 4) is 22.8 Å². The van der Waals surface area contributed by atoms with Gasteiger partial charge in [0.25, 0.3) is 5.91 Å². The fourth-order valence-corrected chi connectivity index (χ4v) is 2.71. The van der Waals surface area contributed by atoms with Gasteiger partial charge in [0.05, 0.1) is 30.5 Å². The monoisotopic (exact) mass is 372 g/mol. The van der Waals surface area contributed by atoms with Crippen LogP contribution in [0.3, 0.4) is 0 Å². The Kier molecular flexibility index (Phi) is 5.14.